The van der Waals surface area contributed by atoms with Gasteiger partial charge >= 0.3 is 0 Å². The van der Waals surface area contributed by atoms with Crippen molar-refractivity contribution in [2.75, 3.05) is 39.3 Å². The zero-order valence-corrected chi connectivity index (χ0v) is 12.0. The maximum absolute atomic E-state index is 11.9. The molecule has 110 valence electrons. The van der Waals surface area contributed by atoms with Crippen molar-refractivity contribution in [2.45, 2.75) is 44.8 Å². The minimum atomic E-state index is -0.308. The molecule has 0 aromatic heterocycles. The molecule has 1 amide bonds. The number of likely N-dealkylation sites (tertiary alicyclic amines) is 1. The second kappa shape index (κ2) is 7.82. The molecule has 5 nitrogen and oxygen atoms in total. The highest BCUT2D eigenvalue weighted by atomic mass is 16.5. The molecule has 19 heavy (non-hydrogen) atoms. The minimum absolute atomic E-state index is 0.0252. The van der Waals surface area contributed by atoms with Gasteiger partial charge in [-0.05, 0) is 25.8 Å². The van der Waals surface area contributed by atoms with Crippen molar-refractivity contribution in [2.24, 2.45) is 0 Å². The fourth-order valence-corrected chi connectivity index (χ4v) is 2.99. The highest BCUT2D eigenvalue weighted by Gasteiger charge is 2.23. The molecule has 5 heteroatoms. The largest absolute Gasteiger partial charge is 0.366 e. The van der Waals surface area contributed by atoms with Crippen LogP contribution in [0.5, 0.6) is 0 Å². The molecule has 2 rings (SSSR count). The van der Waals surface area contributed by atoms with Crippen molar-refractivity contribution >= 4 is 5.91 Å². The molecule has 2 atom stereocenters. The van der Waals surface area contributed by atoms with E-state index < -0.39 is 0 Å². The summed E-state index contributed by atoms with van der Waals surface area (Å²) in [7, 11) is 0. The molecule has 2 N–H and O–H groups in total. The summed E-state index contributed by atoms with van der Waals surface area (Å²) in [5.41, 5.74) is 0. The summed E-state index contributed by atoms with van der Waals surface area (Å²) in [5.74, 6) is 0.0252. The third-order valence-corrected chi connectivity index (χ3v) is 4.14. The third-order valence-electron chi connectivity index (χ3n) is 4.14. The number of morpholine rings is 1. The van der Waals surface area contributed by atoms with Gasteiger partial charge in [0.1, 0.15) is 6.10 Å². The van der Waals surface area contributed by atoms with Crippen LogP contribution in [-0.4, -0.2) is 62.3 Å². The fourth-order valence-electron chi connectivity index (χ4n) is 2.99. The molecular formula is C14H27N3O2. The Bertz CT molecular complexity index is 280. The van der Waals surface area contributed by atoms with E-state index >= 15 is 0 Å². The Kier molecular flexibility index (Phi) is 6.07. The van der Waals surface area contributed by atoms with E-state index in [1.807, 2.05) is 0 Å². The zero-order chi connectivity index (χ0) is 13.5. The molecule has 2 aliphatic heterocycles. The lowest BCUT2D eigenvalue weighted by Crippen LogP contribution is -2.50. The van der Waals surface area contributed by atoms with Crippen molar-refractivity contribution in [1.29, 1.82) is 0 Å². The highest BCUT2D eigenvalue weighted by molar-refractivity contribution is 5.81. The number of carbonyl (C=O) groups is 1. The summed E-state index contributed by atoms with van der Waals surface area (Å²) < 4.78 is 5.44. The lowest BCUT2D eigenvalue weighted by atomic mass is 10.0. The van der Waals surface area contributed by atoms with Gasteiger partial charge in [-0.3, -0.25) is 9.69 Å². The van der Waals surface area contributed by atoms with Crippen LogP contribution in [0.1, 0.15) is 32.6 Å². The summed E-state index contributed by atoms with van der Waals surface area (Å²) in [6, 6.07) is 0.707. The number of nitrogens with one attached hydrogen (secondary N) is 2. The van der Waals surface area contributed by atoms with Crippen molar-refractivity contribution in [3.63, 3.8) is 0 Å². The van der Waals surface area contributed by atoms with Crippen LogP contribution in [0.15, 0.2) is 0 Å². The predicted molar refractivity (Wildman–Crippen MR) is 75.1 cm³/mol. The van der Waals surface area contributed by atoms with Crippen molar-refractivity contribution in [3.8, 4) is 0 Å². The number of hydrogen-bond acceptors (Lipinski definition) is 4. The van der Waals surface area contributed by atoms with Crippen LogP contribution < -0.4 is 10.6 Å². The van der Waals surface area contributed by atoms with Gasteiger partial charge in [0.05, 0.1) is 6.61 Å². The maximum atomic E-state index is 11.9. The topological polar surface area (TPSA) is 53.6 Å². The van der Waals surface area contributed by atoms with Gasteiger partial charge in [-0.2, -0.15) is 0 Å². The fraction of sp³-hybridized carbons (Fsp3) is 0.929. The first kappa shape index (κ1) is 14.8. The third kappa shape index (κ3) is 4.44. The van der Waals surface area contributed by atoms with Crippen LogP contribution >= 0.6 is 0 Å². The van der Waals surface area contributed by atoms with Crippen LogP contribution in [0, 0.1) is 0 Å². The Morgan fingerprint density at radius 3 is 3.11 bits per heavy atom. The number of carbonyl (C=O) groups excluding carboxylic acids is 1. The van der Waals surface area contributed by atoms with Crippen molar-refractivity contribution in [1.82, 2.24) is 15.5 Å². The lowest BCUT2D eigenvalue weighted by molar-refractivity contribution is -0.134. The highest BCUT2D eigenvalue weighted by Crippen LogP contribution is 2.18. The Balaban J connectivity index is 1.65. The number of rotatable bonds is 5. The van der Waals surface area contributed by atoms with Gasteiger partial charge in [0.2, 0.25) is 0 Å². The van der Waals surface area contributed by atoms with Crippen LogP contribution in [0.25, 0.3) is 0 Å². The number of hydrogen-bond donors (Lipinski definition) is 2. The molecule has 0 aromatic rings. The van der Waals surface area contributed by atoms with Gasteiger partial charge < -0.3 is 15.4 Å². The van der Waals surface area contributed by atoms with Gasteiger partial charge in [0.25, 0.3) is 5.91 Å². The first-order chi connectivity index (χ1) is 9.31. The van der Waals surface area contributed by atoms with E-state index in [2.05, 4.69) is 22.5 Å². The Hall–Kier alpha value is -0.650. The van der Waals surface area contributed by atoms with E-state index in [-0.39, 0.29) is 12.0 Å². The first-order valence-electron chi connectivity index (χ1n) is 7.65. The van der Waals surface area contributed by atoms with Gasteiger partial charge in [-0.25, -0.2) is 0 Å². The quantitative estimate of drug-likeness (QED) is 0.756. The van der Waals surface area contributed by atoms with Gasteiger partial charge in [0, 0.05) is 32.2 Å². The van der Waals surface area contributed by atoms with Gasteiger partial charge in [0.15, 0.2) is 0 Å². The van der Waals surface area contributed by atoms with E-state index in [1.165, 1.54) is 32.2 Å². The average Bonchev–Trinajstić information content (AvgIpc) is 2.48. The lowest BCUT2D eigenvalue weighted by Gasteiger charge is -2.35. The monoisotopic (exact) mass is 269 g/mol. The maximum Gasteiger partial charge on any atom is 0.250 e. The number of ether oxygens (including phenoxy) is 1. The Morgan fingerprint density at radius 2 is 2.37 bits per heavy atom. The molecule has 2 heterocycles. The molecule has 2 fully saturated rings. The number of piperidine rings is 1. The average molecular weight is 269 g/mol. The summed E-state index contributed by atoms with van der Waals surface area (Å²) in [6.07, 6.45) is 4.85. The minimum Gasteiger partial charge on any atom is -0.366 e. The normalized spacial score (nSPS) is 29.1. The van der Waals surface area contributed by atoms with Gasteiger partial charge in [-0.15, -0.1) is 0 Å². The molecule has 0 aliphatic carbocycles. The van der Waals surface area contributed by atoms with E-state index in [4.69, 9.17) is 4.74 Å². The van der Waals surface area contributed by atoms with Crippen LogP contribution in [0.3, 0.4) is 0 Å². The molecule has 0 saturated carbocycles. The smallest absolute Gasteiger partial charge is 0.250 e. The van der Waals surface area contributed by atoms with E-state index in [0.29, 0.717) is 19.2 Å². The van der Waals surface area contributed by atoms with E-state index in [0.717, 1.165) is 19.6 Å². The van der Waals surface area contributed by atoms with Gasteiger partial charge in [-0.1, -0.05) is 13.3 Å². The van der Waals surface area contributed by atoms with Crippen LogP contribution in [0.2, 0.25) is 0 Å². The van der Waals surface area contributed by atoms with Crippen LogP contribution in [0.4, 0.5) is 0 Å². The molecule has 0 radical (unpaired) electrons. The SMILES string of the molecule is CCC1CCCCN1CCNC(=O)C1CNCCO1. The standard InChI is InChI=1S/C14H27N3O2/c1-2-12-5-3-4-8-17(12)9-6-16-14(18)13-11-15-7-10-19-13/h12-13,15H,2-11H2,1H3,(H,16,18). The van der Waals surface area contributed by atoms with E-state index in [1.54, 1.807) is 0 Å². The summed E-state index contributed by atoms with van der Waals surface area (Å²) >= 11 is 0. The Morgan fingerprint density at radius 1 is 1.47 bits per heavy atom. The van der Waals surface area contributed by atoms with Crippen LogP contribution in [-0.2, 0) is 9.53 Å². The molecule has 0 aromatic carbocycles. The molecule has 0 bridgehead atoms. The number of amides is 1. The second-order valence-electron chi connectivity index (χ2n) is 5.45. The summed E-state index contributed by atoms with van der Waals surface area (Å²) in [4.78, 5) is 14.4. The molecule has 2 unspecified atom stereocenters. The summed E-state index contributed by atoms with van der Waals surface area (Å²) in [5, 5.41) is 6.17. The molecular weight excluding hydrogens is 242 g/mol. The van der Waals surface area contributed by atoms with E-state index in [9.17, 15) is 4.79 Å². The Labute approximate surface area is 116 Å². The number of nitrogens with zero attached hydrogens (tertiary/aromatic N) is 1. The first-order valence-corrected chi connectivity index (χ1v) is 7.65. The second-order valence-corrected chi connectivity index (χ2v) is 5.45. The molecule has 0 spiro atoms. The molecule has 2 aliphatic rings. The predicted octanol–water partition coefficient (Wildman–Crippen LogP) is 0.356. The summed E-state index contributed by atoms with van der Waals surface area (Å²) in [6.45, 7) is 7.23. The van der Waals surface area contributed by atoms with Crippen molar-refractivity contribution < 1.29 is 9.53 Å². The van der Waals surface area contributed by atoms with Crippen molar-refractivity contribution in [3.05, 3.63) is 0 Å². The molecule has 2 saturated heterocycles. The zero-order valence-electron chi connectivity index (χ0n) is 12.0.